The lowest BCUT2D eigenvalue weighted by atomic mass is 10.1. The van der Waals surface area contributed by atoms with E-state index >= 15 is 0 Å². The molecule has 0 aliphatic carbocycles. The van der Waals surface area contributed by atoms with Gasteiger partial charge in [-0.25, -0.2) is 8.42 Å². The lowest BCUT2D eigenvalue weighted by Crippen LogP contribution is -2.53. The maximum atomic E-state index is 14.1. The molecule has 3 rings (SSSR count). The second-order valence-electron chi connectivity index (χ2n) is 9.74. The summed E-state index contributed by atoms with van der Waals surface area (Å²) in [6, 6.07) is 19.1. The molecule has 3 aromatic rings. The van der Waals surface area contributed by atoms with Gasteiger partial charge in [-0.15, -0.1) is 0 Å². The van der Waals surface area contributed by atoms with Gasteiger partial charge in [0.25, 0.3) is 10.0 Å². The molecule has 0 bridgehead atoms. The number of carbonyl (C=O) groups excluding carboxylic acids is 2. The molecule has 40 heavy (non-hydrogen) atoms. The van der Waals surface area contributed by atoms with Crippen LogP contribution in [0.1, 0.15) is 38.3 Å². The lowest BCUT2D eigenvalue weighted by molar-refractivity contribution is -0.140. The van der Waals surface area contributed by atoms with Crippen LogP contribution in [0.2, 0.25) is 5.02 Å². The number of benzene rings is 3. The summed E-state index contributed by atoms with van der Waals surface area (Å²) < 4.78 is 34.4. The highest BCUT2D eigenvalue weighted by Gasteiger charge is 2.35. The molecule has 0 unspecified atom stereocenters. The topological polar surface area (TPSA) is 96.0 Å². The Morgan fingerprint density at radius 2 is 1.65 bits per heavy atom. The van der Waals surface area contributed by atoms with Gasteiger partial charge in [-0.2, -0.15) is 0 Å². The van der Waals surface area contributed by atoms with Crippen LogP contribution in [0, 0.1) is 6.92 Å². The molecule has 10 heteroatoms. The van der Waals surface area contributed by atoms with Gasteiger partial charge in [0.1, 0.15) is 18.3 Å². The van der Waals surface area contributed by atoms with E-state index in [0.717, 1.165) is 15.4 Å². The van der Waals surface area contributed by atoms with Crippen LogP contribution in [-0.2, 0) is 26.2 Å². The number of halogens is 1. The molecule has 0 aliphatic rings. The number of aryl methyl sites for hydroxylation is 1. The fraction of sp³-hybridized carbons (Fsp3) is 0.333. The van der Waals surface area contributed by atoms with E-state index in [1.807, 2.05) is 52.0 Å². The van der Waals surface area contributed by atoms with Gasteiger partial charge in [0, 0.05) is 17.6 Å². The molecular formula is C30H36ClN3O5S. The lowest BCUT2D eigenvalue weighted by Gasteiger charge is -2.34. The first-order chi connectivity index (χ1) is 19.0. The number of hydrogen-bond acceptors (Lipinski definition) is 5. The van der Waals surface area contributed by atoms with Gasteiger partial charge < -0.3 is 15.0 Å². The molecule has 0 aliphatic heterocycles. The Hall–Kier alpha value is -3.56. The minimum absolute atomic E-state index is 0.000458. The third kappa shape index (κ3) is 7.55. The molecule has 0 radical (unpaired) electrons. The van der Waals surface area contributed by atoms with E-state index in [4.69, 9.17) is 16.3 Å². The molecular weight excluding hydrogens is 550 g/mol. The molecule has 8 nitrogen and oxygen atoms in total. The molecule has 0 saturated carbocycles. The number of methoxy groups -OCH3 is 1. The summed E-state index contributed by atoms with van der Waals surface area (Å²) in [5.74, 6) is -0.630. The monoisotopic (exact) mass is 585 g/mol. The quantitative estimate of drug-likeness (QED) is 0.316. The SMILES string of the molecule is CC[C@H](C(=O)NC(C)C)N(Cc1ccc(C)cc1)C(=O)CN(c1cc(Cl)ccc1OC)S(=O)(=O)c1ccccc1. The second kappa shape index (κ2) is 13.7. The maximum Gasteiger partial charge on any atom is 0.264 e. The highest BCUT2D eigenvalue weighted by molar-refractivity contribution is 7.92. The van der Waals surface area contributed by atoms with Crippen LogP contribution in [-0.4, -0.2) is 50.9 Å². The first-order valence-electron chi connectivity index (χ1n) is 13.0. The van der Waals surface area contributed by atoms with Gasteiger partial charge in [0.05, 0.1) is 17.7 Å². The molecule has 0 heterocycles. The summed E-state index contributed by atoms with van der Waals surface area (Å²) in [6.07, 6.45) is 0.335. The summed E-state index contributed by atoms with van der Waals surface area (Å²) in [7, 11) is -2.82. The molecule has 3 aromatic carbocycles. The summed E-state index contributed by atoms with van der Waals surface area (Å²) in [5.41, 5.74) is 1.98. The van der Waals surface area contributed by atoms with E-state index in [1.165, 1.54) is 30.2 Å². The third-order valence-electron chi connectivity index (χ3n) is 6.31. The van der Waals surface area contributed by atoms with Crippen molar-refractivity contribution in [1.82, 2.24) is 10.2 Å². The van der Waals surface area contributed by atoms with Crippen molar-refractivity contribution in [2.24, 2.45) is 0 Å². The van der Waals surface area contributed by atoms with Crippen LogP contribution in [0.5, 0.6) is 5.75 Å². The minimum Gasteiger partial charge on any atom is -0.495 e. The maximum absolute atomic E-state index is 14.1. The second-order valence-corrected chi connectivity index (χ2v) is 12.0. The fourth-order valence-electron chi connectivity index (χ4n) is 4.28. The molecule has 0 saturated heterocycles. The fourth-order valence-corrected chi connectivity index (χ4v) is 5.89. The molecule has 1 atom stereocenters. The smallest absolute Gasteiger partial charge is 0.264 e. The van der Waals surface area contributed by atoms with Crippen LogP contribution in [0.15, 0.2) is 77.7 Å². The van der Waals surface area contributed by atoms with Crippen molar-refractivity contribution in [1.29, 1.82) is 0 Å². The van der Waals surface area contributed by atoms with E-state index in [2.05, 4.69) is 5.32 Å². The largest absolute Gasteiger partial charge is 0.495 e. The number of anilines is 1. The summed E-state index contributed by atoms with van der Waals surface area (Å²) in [4.78, 5) is 28.8. The molecule has 214 valence electrons. The van der Waals surface area contributed by atoms with Gasteiger partial charge in [-0.05, 0) is 63.1 Å². The van der Waals surface area contributed by atoms with Gasteiger partial charge in [-0.3, -0.25) is 13.9 Å². The van der Waals surface area contributed by atoms with Crippen molar-refractivity contribution in [2.75, 3.05) is 18.0 Å². The van der Waals surface area contributed by atoms with Crippen LogP contribution in [0.3, 0.4) is 0 Å². The number of rotatable bonds is 12. The predicted octanol–water partition coefficient (Wildman–Crippen LogP) is 5.18. The van der Waals surface area contributed by atoms with Crippen LogP contribution < -0.4 is 14.4 Å². The normalized spacial score (nSPS) is 12.1. The molecule has 1 N–H and O–H groups in total. The third-order valence-corrected chi connectivity index (χ3v) is 8.32. The van der Waals surface area contributed by atoms with Crippen LogP contribution in [0.4, 0.5) is 5.69 Å². The zero-order valence-electron chi connectivity index (χ0n) is 23.4. The zero-order chi connectivity index (χ0) is 29.4. The summed E-state index contributed by atoms with van der Waals surface area (Å²) >= 11 is 6.27. The van der Waals surface area contributed by atoms with Crippen LogP contribution >= 0.6 is 11.6 Å². The summed E-state index contributed by atoms with van der Waals surface area (Å²) in [6.45, 7) is 7.01. The Morgan fingerprint density at radius 1 is 1.00 bits per heavy atom. The number of hydrogen-bond donors (Lipinski definition) is 1. The number of carbonyl (C=O) groups is 2. The van der Waals surface area contributed by atoms with Crippen molar-refractivity contribution in [2.45, 2.75) is 57.6 Å². The summed E-state index contributed by atoms with van der Waals surface area (Å²) in [5, 5.41) is 3.16. The van der Waals surface area contributed by atoms with E-state index < -0.39 is 28.5 Å². The average molecular weight is 586 g/mol. The number of ether oxygens (including phenoxy) is 1. The number of nitrogens with one attached hydrogen (secondary N) is 1. The van der Waals surface area contributed by atoms with Crippen molar-refractivity contribution in [3.05, 3.63) is 88.9 Å². The highest BCUT2D eigenvalue weighted by Crippen LogP contribution is 2.35. The van der Waals surface area contributed by atoms with Crippen molar-refractivity contribution >= 4 is 39.1 Å². The van der Waals surface area contributed by atoms with Gasteiger partial charge in [-0.1, -0.05) is 66.6 Å². The zero-order valence-corrected chi connectivity index (χ0v) is 25.0. The van der Waals surface area contributed by atoms with Gasteiger partial charge in [0.2, 0.25) is 11.8 Å². The van der Waals surface area contributed by atoms with Crippen molar-refractivity contribution < 1.29 is 22.7 Å². The van der Waals surface area contributed by atoms with Gasteiger partial charge in [0.15, 0.2) is 0 Å². The Bertz CT molecular complexity index is 1410. The number of sulfonamides is 1. The molecule has 0 aromatic heterocycles. The predicted molar refractivity (Wildman–Crippen MR) is 158 cm³/mol. The molecule has 2 amide bonds. The van der Waals surface area contributed by atoms with Crippen LogP contribution in [0.25, 0.3) is 0 Å². The average Bonchev–Trinajstić information content (AvgIpc) is 2.92. The Kier molecular flexibility index (Phi) is 10.6. The molecule has 0 spiro atoms. The van der Waals surface area contributed by atoms with Gasteiger partial charge >= 0.3 is 0 Å². The van der Waals surface area contributed by atoms with E-state index in [1.54, 1.807) is 30.3 Å². The highest BCUT2D eigenvalue weighted by atomic mass is 35.5. The van der Waals surface area contributed by atoms with E-state index in [9.17, 15) is 18.0 Å². The van der Waals surface area contributed by atoms with E-state index in [0.29, 0.717) is 6.42 Å². The Labute approximate surface area is 241 Å². The Balaban J connectivity index is 2.12. The number of nitrogens with zero attached hydrogens (tertiary/aromatic N) is 2. The van der Waals surface area contributed by atoms with Crippen molar-refractivity contribution in [3.63, 3.8) is 0 Å². The first kappa shape index (κ1) is 31.0. The van der Waals surface area contributed by atoms with E-state index in [-0.39, 0.29) is 39.8 Å². The number of amides is 2. The Morgan fingerprint density at radius 3 is 2.23 bits per heavy atom. The standard InChI is InChI=1S/C30H36ClN3O5S/c1-6-26(30(36)32-21(2)3)33(19-23-14-12-22(4)13-15-23)29(35)20-34(27-18-24(31)16-17-28(27)39-5)40(37,38)25-10-8-7-9-11-25/h7-18,21,26H,6,19-20H2,1-5H3,(H,32,36)/t26-/m1/s1. The minimum atomic E-state index is -4.24. The molecule has 0 fully saturated rings. The van der Waals surface area contributed by atoms with Crippen molar-refractivity contribution in [3.8, 4) is 5.75 Å². The first-order valence-corrected chi connectivity index (χ1v) is 14.9.